The molecule has 6 heteroatoms. The van der Waals surface area contributed by atoms with Gasteiger partial charge in [-0.15, -0.1) is 0 Å². The van der Waals surface area contributed by atoms with E-state index in [-0.39, 0.29) is 11.4 Å². The molecular formula is C14H11ClN4O. The molecule has 0 saturated heterocycles. The van der Waals surface area contributed by atoms with Gasteiger partial charge in [0.15, 0.2) is 0 Å². The van der Waals surface area contributed by atoms with Crippen molar-refractivity contribution < 1.29 is 0 Å². The first kappa shape index (κ1) is 12.7. The Morgan fingerprint density at radius 1 is 1.10 bits per heavy atom. The van der Waals surface area contributed by atoms with Crippen LogP contribution in [0.1, 0.15) is 0 Å². The molecule has 0 saturated carbocycles. The second-order valence-electron chi connectivity index (χ2n) is 4.21. The number of halogens is 1. The van der Waals surface area contributed by atoms with Gasteiger partial charge in [0.1, 0.15) is 0 Å². The van der Waals surface area contributed by atoms with Gasteiger partial charge < -0.3 is 5.43 Å². The summed E-state index contributed by atoms with van der Waals surface area (Å²) in [6, 6.07) is 14.4. The Bertz CT molecular complexity index is 827. The van der Waals surface area contributed by atoms with Crippen molar-refractivity contribution in [1.82, 2.24) is 9.55 Å². The monoisotopic (exact) mass is 286 g/mol. The Morgan fingerprint density at radius 2 is 1.80 bits per heavy atom. The van der Waals surface area contributed by atoms with Gasteiger partial charge in [-0.25, -0.2) is 10.8 Å². The smallest absolute Gasteiger partial charge is 0.299 e. The highest BCUT2D eigenvalue weighted by Gasteiger charge is 2.11. The number of nitrogens with one attached hydrogen (secondary N) is 1. The number of anilines is 1. The molecule has 0 bridgehead atoms. The van der Waals surface area contributed by atoms with Gasteiger partial charge in [-0.3, -0.25) is 9.36 Å². The van der Waals surface area contributed by atoms with E-state index in [0.717, 1.165) is 0 Å². The highest BCUT2D eigenvalue weighted by Crippen LogP contribution is 2.18. The van der Waals surface area contributed by atoms with E-state index >= 15 is 0 Å². The van der Waals surface area contributed by atoms with E-state index in [1.165, 1.54) is 0 Å². The number of fused-ring (bicyclic) bond motifs is 1. The second kappa shape index (κ2) is 4.96. The van der Waals surface area contributed by atoms with Crippen molar-refractivity contribution in [2.75, 3.05) is 5.43 Å². The molecule has 5 nitrogen and oxygen atoms in total. The predicted octanol–water partition coefficient (Wildman–Crippen LogP) is 2.32. The average molecular weight is 287 g/mol. The molecule has 0 atom stereocenters. The molecule has 1 heterocycles. The molecule has 1 aromatic heterocycles. The van der Waals surface area contributed by atoms with Crippen molar-refractivity contribution in [1.29, 1.82) is 0 Å². The third-order valence-corrected chi connectivity index (χ3v) is 3.23. The molecule has 20 heavy (non-hydrogen) atoms. The molecule has 2 aromatic carbocycles. The molecule has 0 aliphatic heterocycles. The maximum absolute atomic E-state index is 12.4. The van der Waals surface area contributed by atoms with Crippen LogP contribution in [-0.4, -0.2) is 9.55 Å². The van der Waals surface area contributed by atoms with Crippen LogP contribution in [0.25, 0.3) is 16.7 Å². The summed E-state index contributed by atoms with van der Waals surface area (Å²) in [5.41, 5.74) is 4.11. The van der Waals surface area contributed by atoms with Gasteiger partial charge in [0.05, 0.1) is 11.0 Å². The van der Waals surface area contributed by atoms with Crippen LogP contribution in [0.2, 0.25) is 5.02 Å². The standard InChI is InChI=1S/C14H11ClN4O/c15-9-5-7-10(8-6-9)19-12-4-2-1-3-11(12)17-13(18-16)14(19)20/h1-8H,16H2,(H,17,18). The number of rotatable bonds is 2. The summed E-state index contributed by atoms with van der Waals surface area (Å²) < 4.78 is 1.55. The maximum Gasteiger partial charge on any atom is 0.299 e. The van der Waals surface area contributed by atoms with Crippen LogP contribution >= 0.6 is 11.6 Å². The van der Waals surface area contributed by atoms with Crippen LogP contribution in [0.5, 0.6) is 0 Å². The summed E-state index contributed by atoms with van der Waals surface area (Å²) in [5, 5.41) is 0.609. The first-order chi connectivity index (χ1) is 9.70. The van der Waals surface area contributed by atoms with Crippen molar-refractivity contribution >= 4 is 28.5 Å². The molecule has 100 valence electrons. The minimum atomic E-state index is -0.312. The van der Waals surface area contributed by atoms with Gasteiger partial charge in [0.25, 0.3) is 5.56 Å². The van der Waals surface area contributed by atoms with Crippen molar-refractivity contribution in [3.8, 4) is 5.69 Å². The number of nitrogen functional groups attached to an aromatic ring is 1. The number of hydrogen-bond donors (Lipinski definition) is 2. The van der Waals surface area contributed by atoms with Crippen LogP contribution in [-0.2, 0) is 0 Å². The van der Waals surface area contributed by atoms with Crippen molar-refractivity contribution in [2.45, 2.75) is 0 Å². The molecule has 0 radical (unpaired) electrons. The normalized spacial score (nSPS) is 10.7. The van der Waals surface area contributed by atoms with E-state index in [4.69, 9.17) is 17.4 Å². The minimum absolute atomic E-state index is 0.0960. The summed E-state index contributed by atoms with van der Waals surface area (Å²) in [6.07, 6.45) is 0. The molecule has 3 aromatic rings. The SMILES string of the molecule is NNc1nc2ccccc2n(-c2ccc(Cl)cc2)c1=O. The van der Waals surface area contributed by atoms with Gasteiger partial charge in [-0.1, -0.05) is 23.7 Å². The molecule has 0 aliphatic rings. The molecule has 0 amide bonds. The Kier molecular flexibility index (Phi) is 3.14. The van der Waals surface area contributed by atoms with Crippen molar-refractivity contribution in [3.05, 3.63) is 63.9 Å². The molecule has 0 unspecified atom stereocenters. The Hall–Kier alpha value is -2.37. The van der Waals surface area contributed by atoms with Gasteiger partial charge in [0, 0.05) is 10.7 Å². The van der Waals surface area contributed by atoms with E-state index < -0.39 is 0 Å². The topological polar surface area (TPSA) is 72.9 Å². The van der Waals surface area contributed by atoms with Crippen LogP contribution < -0.4 is 16.8 Å². The van der Waals surface area contributed by atoms with E-state index in [9.17, 15) is 4.79 Å². The number of hydrogen-bond acceptors (Lipinski definition) is 4. The fraction of sp³-hybridized carbons (Fsp3) is 0. The van der Waals surface area contributed by atoms with Gasteiger partial charge in [-0.2, -0.15) is 0 Å². The Balaban J connectivity index is 2.40. The van der Waals surface area contributed by atoms with Gasteiger partial charge >= 0.3 is 0 Å². The zero-order chi connectivity index (χ0) is 14.1. The lowest BCUT2D eigenvalue weighted by Gasteiger charge is -2.11. The second-order valence-corrected chi connectivity index (χ2v) is 4.65. The summed E-state index contributed by atoms with van der Waals surface area (Å²) >= 11 is 5.88. The van der Waals surface area contributed by atoms with Crippen molar-refractivity contribution in [2.24, 2.45) is 5.84 Å². The quantitative estimate of drug-likeness (QED) is 0.560. The van der Waals surface area contributed by atoms with E-state index in [2.05, 4.69) is 10.4 Å². The van der Waals surface area contributed by atoms with Gasteiger partial charge in [0.2, 0.25) is 5.82 Å². The number of aromatic nitrogens is 2. The molecule has 0 fully saturated rings. The summed E-state index contributed by atoms with van der Waals surface area (Å²) in [6.45, 7) is 0. The third kappa shape index (κ3) is 2.03. The van der Waals surface area contributed by atoms with Crippen LogP contribution in [0.3, 0.4) is 0 Å². The predicted molar refractivity (Wildman–Crippen MR) is 80.2 cm³/mol. The lowest BCUT2D eigenvalue weighted by molar-refractivity contribution is 1.01. The molecule has 0 aliphatic carbocycles. The first-order valence-corrected chi connectivity index (χ1v) is 6.33. The molecule has 3 rings (SSSR count). The number of benzene rings is 2. The summed E-state index contributed by atoms with van der Waals surface area (Å²) in [7, 11) is 0. The maximum atomic E-state index is 12.4. The fourth-order valence-corrected chi connectivity index (χ4v) is 2.20. The summed E-state index contributed by atoms with van der Waals surface area (Å²) in [5.74, 6) is 5.46. The van der Waals surface area contributed by atoms with E-state index in [1.807, 2.05) is 24.3 Å². The minimum Gasteiger partial charge on any atom is -0.304 e. The Labute approximate surface area is 119 Å². The first-order valence-electron chi connectivity index (χ1n) is 5.95. The van der Waals surface area contributed by atoms with E-state index in [0.29, 0.717) is 21.7 Å². The van der Waals surface area contributed by atoms with Gasteiger partial charge in [-0.05, 0) is 36.4 Å². The average Bonchev–Trinajstić information content (AvgIpc) is 2.48. The van der Waals surface area contributed by atoms with E-state index in [1.54, 1.807) is 28.8 Å². The number of nitrogens with two attached hydrogens (primary N) is 1. The zero-order valence-corrected chi connectivity index (χ0v) is 11.1. The summed E-state index contributed by atoms with van der Waals surface area (Å²) in [4.78, 5) is 16.6. The Morgan fingerprint density at radius 3 is 2.50 bits per heavy atom. The fourth-order valence-electron chi connectivity index (χ4n) is 2.07. The number of nitrogens with zero attached hydrogens (tertiary/aromatic N) is 2. The molecule has 0 spiro atoms. The highest BCUT2D eigenvalue weighted by molar-refractivity contribution is 6.30. The molecule has 3 N–H and O–H groups in total. The highest BCUT2D eigenvalue weighted by atomic mass is 35.5. The molecular weight excluding hydrogens is 276 g/mol. The largest absolute Gasteiger partial charge is 0.304 e. The third-order valence-electron chi connectivity index (χ3n) is 2.98. The van der Waals surface area contributed by atoms with Crippen LogP contribution in [0.4, 0.5) is 5.82 Å². The van der Waals surface area contributed by atoms with Crippen molar-refractivity contribution in [3.63, 3.8) is 0 Å². The number of para-hydroxylation sites is 2. The van der Waals surface area contributed by atoms with Crippen LogP contribution in [0, 0.1) is 0 Å². The number of hydrazine groups is 1. The zero-order valence-electron chi connectivity index (χ0n) is 10.4. The lowest BCUT2D eigenvalue weighted by atomic mass is 10.2. The lowest BCUT2D eigenvalue weighted by Crippen LogP contribution is -2.26. The van der Waals surface area contributed by atoms with Crippen LogP contribution in [0.15, 0.2) is 53.3 Å².